The first-order chi connectivity index (χ1) is 5.57. The number of amides is 1. The van der Waals surface area contributed by atoms with Crippen molar-refractivity contribution in [1.29, 1.82) is 0 Å². The molecule has 0 saturated heterocycles. The van der Waals surface area contributed by atoms with Crippen LogP contribution in [0.1, 0.15) is 6.92 Å². The van der Waals surface area contributed by atoms with E-state index in [1.54, 1.807) is 0 Å². The second kappa shape index (κ2) is 5.29. The monoisotopic (exact) mass is 169 g/mol. The SMILES string of the molecule is C=C/C=C(/CNC(C)=O)C(=C)F. The van der Waals surface area contributed by atoms with Crippen LogP contribution in [0.25, 0.3) is 0 Å². The molecule has 0 radical (unpaired) electrons. The van der Waals surface area contributed by atoms with Crippen LogP contribution in [0.2, 0.25) is 0 Å². The molecular formula is C9H12FNO. The van der Waals surface area contributed by atoms with E-state index in [9.17, 15) is 9.18 Å². The second-order valence-electron chi connectivity index (χ2n) is 2.24. The standard InChI is InChI=1S/C9H12FNO/c1-4-5-9(7(2)10)6-11-8(3)12/h4-5H,1-2,6H2,3H3,(H,11,12)/b9-5-. The van der Waals surface area contributed by atoms with Crippen molar-refractivity contribution in [2.45, 2.75) is 6.92 Å². The maximum absolute atomic E-state index is 12.5. The molecule has 0 aromatic heterocycles. The second-order valence-corrected chi connectivity index (χ2v) is 2.24. The van der Waals surface area contributed by atoms with Crippen molar-refractivity contribution in [3.8, 4) is 0 Å². The first-order valence-electron chi connectivity index (χ1n) is 3.48. The normalized spacial score (nSPS) is 10.7. The van der Waals surface area contributed by atoms with Crippen LogP contribution in [-0.4, -0.2) is 12.5 Å². The minimum Gasteiger partial charge on any atom is -0.352 e. The van der Waals surface area contributed by atoms with E-state index in [0.29, 0.717) is 5.57 Å². The molecular weight excluding hydrogens is 157 g/mol. The molecule has 0 fully saturated rings. The number of carbonyl (C=O) groups is 1. The molecule has 2 nitrogen and oxygen atoms in total. The summed E-state index contributed by atoms with van der Waals surface area (Å²) in [7, 11) is 0. The molecule has 0 aliphatic rings. The summed E-state index contributed by atoms with van der Waals surface area (Å²) in [5, 5.41) is 2.46. The van der Waals surface area contributed by atoms with Crippen LogP contribution in [0.5, 0.6) is 0 Å². The fourth-order valence-electron chi connectivity index (χ4n) is 0.607. The quantitative estimate of drug-likeness (QED) is 0.638. The fourth-order valence-corrected chi connectivity index (χ4v) is 0.607. The van der Waals surface area contributed by atoms with Gasteiger partial charge in [0.15, 0.2) is 0 Å². The number of hydrogen-bond donors (Lipinski definition) is 1. The molecule has 1 amide bonds. The Morgan fingerprint density at radius 1 is 1.67 bits per heavy atom. The molecule has 0 aromatic rings. The van der Waals surface area contributed by atoms with Crippen LogP contribution >= 0.6 is 0 Å². The van der Waals surface area contributed by atoms with Gasteiger partial charge in [0.05, 0.1) is 0 Å². The third-order valence-corrected chi connectivity index (χ3v) is 1.20. The van der Waals surface area contributed by atoms with Crippen LogP contribution in [0, 0.1) is 0 Å². The first kappa shape index (κ1) is 10.6. The molecule has 12 heavy (non-hydrogen) atoms. The molecule has 0 spiro atoms. The Morgan fingerprint density at radius 2 is 2.25 bits per heavy atom. The van der Waals surface area contributed by atoms with Crippen molar-refractivity contribution in [2.24, 2.45) is 0 Å². The zero-order valence-electron chi connectivity index (χ0n) is 7.06. The van der Waals surface area contributed by atoms with Gasteiger partial charge in [-0.05, 0) is 0 Å². The minimum absolute atomic E-state index is 0.149. The van der Waals surface area contributed by atoms with Crippen molar-refractivity contribution < 1.29 is 9.18 Å². The van der Waals surface area contributed by atoms with Crippen molar-refractivity contribution >= 4 is 5.91 Å². The Morgan fingerprint density at radius 3 is 2.58 bits per heavy atom. The number of halogens is 1. The van der Waals surface area contributed by atoms with E-state index in [1.165, 1.54) is 19.1 Å². The maximum Gasteiger partial charge on any atom is 0.217 e. The summed E-state index contributed by atoms with van der Waals surface area (Å²) in [5.41, 5.74) is 0.334. The van der Waals surface area contributed by atoms with Crippen LogP contribution < -0.4 is 5.32 Å². The predicted molar refractivity (Wildman–Crippen MR) is 47.2 cm³/mol. The summed E-state index contributed by atoms with van der Waals surface area (Å²) in [6, 6.07) is 0. The number of nitrogens with one attached hydrogen (secondary N) is 1. The van der Waals surface area contributed by atoms with E-state index in [-0.39, 0.29) is 12.5 Å². The topological polar surface area (TPSA) is 29.1 Å². The lowest BCUT2D eigenvalue weighted by atomic mass is 10.2. The van der Waals surface area contributed by atoms with E-state index in [2.05, 4.69) is 18.5 Å². The molecule has 0 unspecified atom stereocenters. The van der Waals surface area contributed by atoms with E-state index >= 15 is 0 Å². The predicted octanol–water partition coefficient (Wildman–Crippen LogP) is 1.72. The summed E-state index contributed by atoms with van der Waals surface area (Å²) in [4.78, 5) is 10.5. The Labute approximate surface area is 71.5 Å². The van der Waals surface area contributed by atoms with E-state index in [1.807, 2.05) is 0 Å². The summed E-state index contributed by atoms with van der Waals surface area (Å²) < 4.78 is 12.5. The fraction of sp³-hybridized carbons (Fsp3) is 0.222. The number of hydrogen-bond acceptors (Lipinski definition) is 1. The van der Waals surface area contributed by atoms with Crippen LogP contribution in [-0.2, 0) is 4.79 Å². The molecule has 0 atom stereocenters. The number of rotatable bonds is 4. The molecule has 0 bridgehead atoms. The summed E-state index contributed by atoms with van der Waals surface area (Å²) >= 11 is 0. The lowest BCUT2D eigenvalue weighted by molar-refractivity contribution is -0.118. The van der Waals surface area contributed by atoms with Crippen LogP contribution in [0.4, 0.5) is 4.39 Å². The van der Waals surface area contributed by atoms with Gasteiger partial charge in [-0.1, -0.05) is 25.3 Å². The third-order valence-electron chi connectivity index (χ3n) is 1.20. The highest BCUT2D eigenvalue weighted by molar-refractivity contribution is 5.73. The average molecular weight is 169 g/mol. The molecule has 3 heteroatoms. The zero-order chi connectivity index (χ0) is 9.56. The van der Waals surface area contributed by atoms with Gasteiger partial charge in [0.25, 0.3) is 0 Å². The maximum atomic E-state index is 12.5. The van der Waals surface area contributed by atoms with E-state index in [4.69, 9.17) is 0 Å². The zero-order valence-corrected chi connectivity index (χ0v) is 7.06. The molecule has 0 heterocycles. The Balaban J connectivity index is 4.15. The van der Waals surface area contributed by atoms with E-state index < -0.39 is 5.83 Å². The lowest BCUT2D eigenvalue weighted by Crippen LogP contribution is -2.22. The van der Waals surface area contributed by atoms with Crippen LogP contribution in [0.15, 0.2) is 36.7 Å². The van der Waals surface area contributed by atoms with Gasteiger partial charge in [-0.25, -0.2) is 4.39 Å². The molecule has 0 aliphatic heterocycles. The average Bonchev–Trinajstić information content (AvgIpc) is 1.96. The smallest absolute Gasteiger partial charge is 0.217 e. The molecule has 0 aromatic carbocycles. The highest BCUT2D eigenvalue weighted by atomic mass is 19.1. The largest absolute Gasteiger partial charge is 0.352 e. The highest BCUT2D eigenvalue weighted by Crippen LogP contribution is 2.07. The van der Waals surface area contributed by atoms with Gasteiger partial charge in [-0.2, -0.15) is 0 Å². The van der Waals surface area contributed by atoms with Crippen LogP contribution in [0.3, 0.4) is 0 Å². The highest BCUT2D eigenvalue weighted by Gasteiger charge is 2.00. The molecule has 0 aliphatic carbocycles. The third kappa shape index (κ3) is 4.44. The molecule has 0 saturated carbocycles. The van der Waals surface area contributed by atoms with Crippen molar-refractivity contribution in [1.82, 2.24) is 5.32 Å². The Kier molecular flexibility index (Phi) is 4.69. The van der Waals surface area contributed by atoms with Crippen molar-refractivity contribution in [3.63, 3.8) is 0 Å². The minimum atomic E-state index is -0.552. The lowest BCUT2D eigenvalue weighted by Gasteiger charge is -2.03. The summed E-state index contributed by atoms with van der Waals surface area (Å²) in [5.74, 6) is -0.755. The molecule has 66 valence electrons. The van der Waals surface area contributed by atoms with Gasteiger partial charge in [-0.15, -0.1) is 0 Å². The number of allylic oxidation sites excluding steroid dienone is 2. The Bertz CT molecular complexity index is 231. The van der Waals surface area contributed by atoms with Gasteiger partial charge in [0.1, 0.15) is 5.83 Å². The summed E-state index contributed by atoms with van der Waals surface area (Å²) in [6.45, 7) is 8.05. The first-order valence-corrected chi connectivity index (χ1v) is 3.48. The van der Waals surface area contributed by atoms with E-state index in [0.717, 1.165) is 0 Å². The van der Waals surface area contributed by atoms with Crippen molar-refractivity contribution in [3.05, 3.63) is 36.7 Å². The Hall–Kier alpha value is -1.38. The van der Waals surface area contributed by atoms with Crippen molar-refractivity contribution in [2.75, 3.05) is 6.54 Å². The summed E-state index contributed by atoms with van der Waals surface area (Å²) in [6.07, 6.45) is 2.92. The van der Waals surface area contributed by atoms with Gasteiger partial charge in [0, 0.05) is 19.0 Å². The molecule has 0 rings (SSSR count). The van der Waals surface area contributed by atoms with Gasteiger partial charge < -0.3 is 5.32 Å². The van der Waals surface area contributed by atoms with Gasteiger partial charge >= 0.3 is 0 Å². The number of carbonyl (C=O) groups excluding carboxylic acids is 1. The molecule has 1 N–H and O–H groups in total. The van der Waals surface area contributed by atoms with Gasteiger partial charge in [0.2, 0.25) is 5.91 Å². The van der Waals surface area contributed by atoms with Gasteiger partial charge in [-0.3, -0.25) is 4.79 Å².